The van der Waals surface area contributed by atoms with Crippen molar-refractivity contribution in [1.82, 2.24) is 9.29 Å². The number of hydrogen-bond acceptors (Lipinski definition) is 6. The second-order valence-electron chi connectivity index (χ2n) is 7.35. The van der Waals surface area contributed by atoms with Crippen molar-refractivity contribution < 1.29 is 17.9 Å². The van der Waals surface area contributed by atoms with Crippen LogP contribution in [0.5, 0.6) is 0 Å². The standard InChI is InChI=1S/C20H26N4O4S/c1-14-12-24(13-15(2)28-14)29(26,27)18-7-5-17(6-8-18)22-20(25)16-9-10-21-19(11-16)23(3)4/h5-11,14-15H,12-13H2,1-4H3,(H,22,25). The summed E-state index contributed by atoms with van der Waals surface area (Å²) in [6, 6.07) is 9.51. The zero-order chi connectivity index (χ0) is 21.2. The first-order chi connectivity index (χ1) is 13.7. The molecule has 0 spiro atoms. The first kappa shape index (κ1) is 21.2. The number of nitrogens with one attached hydrogen (secondary N) is 1. The van der Waals surface area contributed by atoms with Crippen LogP contribution in [0.2, 0.25) is 0 Å². The van der Waals surface area contributed by atoms with Crippen LogP contribution < -0.4 is 10.2 Å². The van der Waals surface area contributed by atoms with Crippen molar-refractivity contribution in [2.75, 3.05) is 37.4 Å². The summed E-state index contributed by atoms with van der Waals surface area (Å²) >= 11 is 0. The lowest BCUT2D eigenvalue weighted by atomic mass is 10.2. The Morgan fingerprint density at radius 1 is 1.14 bits per heavy atom. The van der Waals surface area contributed by atoms with Gasteiger partial charge in [-0.1, -0.05) is 0 Å². The average molecular weight is 419 g/mol. The van der Waals surface area contributed by atoms with E-state index in [1.165, 1.54) is 16.4 Å². The molecule has 2 atom stereocenters. The number of carbonyl (C=O) groups is 1. The van der Waals surface area contributed by atoms with E-state index >= 15 is 0 Å². The topological polar surface area (TPSA) is 91.8 Å². The molecule has 1 aliphatic rings. The number of aromatic nitrogens is 1. The first-order valence-electron chi connectivity index (χ1n) is 9.37. The highest BCUT2D eigenvalue weighted by Crippen LogP contribution is 2.23. The molecule has 0 aliphatic carbocycles. The Hall–Kier alpha value is -2.49. The van der Waals surface area contributed by atoms with Crippen molar-refractivity contribution in [3.8, 4) is 0 Å². The highest BCUT2D eigenvalue weighted by molar-refractivity contribution is 7.89. The lowest BCUT2D eigenvalue weighted by Crippen LogP contribution is -2.48. The fraction of sp³-hybridized carbons (Fsp3) is 0.400. The van der Waals surface area contributed by atoms with Gasteiger partial charge < -0.3 is 15.0 Å². The molecule has 1 amide bonds. The molecule has 1 N–H and O–H groups in total. The summed E-state index contributed by atoms with van der Waals surface area (Å²) in [5.41, 5.74) is 0.984. The van der Waals surface area contributed by atoms with Gasteiger partial charge in [-0.2, -0.15) is 4.31 Å². The summed E-state index contributed by atoms with van der Waals surface area (Å²) in [5, 5.41) is 2.78. The monoisotopic (exact) mass is 418 g/mol. The van der Waals surface area contributed by atoms with Crippen molar-refractivity contribution in [1.29, 1.82) is 0 Å². The Labute approximate surface area is 171 Å². The van der Waals surface area contributed by atoms with E-state index in [1.54, 1.807) is 30.5 Å². The lowest BCUT2D eigenvalue weighted by Gasteiger charge is -2.34. The fourth-order valence-corrected chi connectivity index (χ4v) is 4.78. The summed E-state index contributed by atoms with van der Waals surface area (Å²) in [6.07, 6.45) is 1.27. The van der Waals surface area contributed by atoms with Gasteiger partial charge in [-0.25, -0.2) is 13.4 Å². The number of nitrogens with zero attached hydrogens (tertiary/aromatic N) is 3. The number of benzene rings is 1. The van der Waals surface area contributed by atoms with Crippen molar-refractivity contribution in [2.24, 2.45) is 0 Å². The molecule has 2 heterocycles. The minimum Gasteiger partial charge on any atom is -0.373 e. The van der Waals surface area contributed by atoms with E-state index in [0.717, 1.165) is 0 Å². The molecule has 156 valence electrons. The first-order valence-corrected chi connectivity index (χ1v) is 10.8. The Morgan fingerprint density at radius 2 is 1.76 bits per heavy atom. The molecule has 1 saturated heterocycles. The molecule has 2 unspecified atom stereocenters. The molecule has 29 heavy (non-hydrogen) atoms. The van der Waals surface area contributed by atoms with Gasteiger partial charge in [0.05, 0.1) is 17.1 Å². The molecular weight excluding hydrogens is 392 g/mol. The predicted octanol–water partition coefficient (Wildman–Crippen LogP) is 2.20. The van der Waals surface area contributed by atoms with E-state index in [9.17, 15) is 13.2 Å². The predicted molar refractivity (Wildman–Crippen MR) is 112 cm³/mol. The summed E-state index contributed by atoms with van der Waals surface area (Å²) in [7, 11) is 0.0792. The number of sulfonamides is 1. The SMILES string of the molecule is CC1CN(S(=O)(=O)c2ccc(NC(=O)c3ccnc(N(C)C)c3)cc2)CC(C)O1. The molecular formula is C20H26N4O4S. The zero-order valence-electron chi connectivity index (χ0n) is 17.0. The van der Waals surface area contributed by atoms with Crippen LogP contribution in [0.3, 0.4) is 0 Å². The average Bonchev–Trinajstić information content (AvgIpc) is 2.67. The van der Waals surface area contributed by atoms with Crippen LogP contribution in [0.4, 0.5) is 11.5 Å². The van der Waals surface area contributed by atoms with Gasteiger partial charge in [0, 0.05) is 44.6 Å². The van der Waals surface area contributed by atoms with Crippen LogP contribution in [0, 0.1) is 0 Å². The van der Waals surface area contributed by atoms with Crippen LogP contribution in [-0.4, -0.2) is 63.0 Å². The highest BCUT2D eigenvalue weighted by atomic mass is 32.2. The second kappa shape index (κ2) is 8.48. The number of rotatable bonds is 5. The third-order valence-electron chi connectivity index (χ3n) is 4.60. The molecule has 0 saturated carbocycles. The van der Waals surface area contributed by atoms with Gasteiger partial charge in [0.2, 0.25) is 10.0 Å². The van der Waals surface area contributed by atoms with Gasteiger partial charge in [0.15, 0.2) is 0 Å². The number of ether oxygens (including phenoxy) is 1. The maximum atomic E-state index is 12.9. The van der Waals surface area contributed by atoms with Gasteiger partial charge in [-0.3, -0.25) is 4.79 Å². The van der Waals surface area contributed by atoms with E-state index in [1.807, 2.05) is 32.8 Å². The number of hydrogen-bond donors (Lipinski definition) is 1. The van der Waals surface area contributed by atoms with Gasteiger partial charge in [-0.15, -0.1) is 0 Å². The number of pyridine rings is 1. The Balaban J connectivity index is 1.73. The normalized spacial score (nSPS) is 20.3. The summed E-state index contributed by atoms with van der Waals surface area (Å²) in [4.78, 5) is 18.7. The van der Waals surface area contributed by atoms with Crippen LogP contribution in [-0.2, 0) is 14.8 Å². The van der Waals surface area contributed by atoms with E-state index in [2.05, 4.69) is 10.3 Å². The molecule has 2 aromatic rings. The van der Waals surface area contributed by atoms with Gasteiger partial charge >= 0.3 is 0 Å². The molecule has 3 rings (SSSR count). The second-order valence-corrected chi connectivity index (χ2v) is 9.29. The van der Waals surface area contributed by atoms with Crippen LogP contribution >= 0.6 is 0 Å². The van der Waals surface area contributed by atoms with E-state index < -0.39 is 10.0 Å². The molecule has 1 fully saturated rings. The van der Waals surface area contributed by atoms with Gasteiger partial charge in [-0.05, 0) is 50.2 Å². The summed E-state index contributed by atoms with van der Waals surface area (Å²) < 4.78 is 32.9. The molecule has 9 heteroatoms. The lowest BCUT2D eigenvalue weighted by molar-refractivity contribution is -0.0440. The highest BCUT2D eigenvalue weighted by Gasteiger charge is 2.32. The van der Waals surface area contributed by atoms with Crippen LogP contribution in [0.25, 0.3) is 0 Å². The maximum Gasteiger partial charge on any atom is 0.255 e. The molecule has 1 aliphatic heterocycles. The third kappa shape index (κ3) is 4.92. The van der Waals surface area contributed by atoms with Crippen LogP contribution in [0.1, 0.15) is 24.2 Å². The number of amides is 1. The summed E-state index contributed by atoms with van der Waals surface area (Å²) in [6.45, 7) is 4.36. The third-order valence-corrected chi connectivity index (χ3v) is 6.45. The minimum absolute atomic E-state index is 0.153. The van der Waals surface area contributed by atoms with Gasteiger partial charge in [0.25, 0.3) is 5.91 Å². The van der Waals surface area contributed by atoms with Crippen molar-refractivity contribution >= 4 is 27.4 Å². The fourth-order valence-electron chi connectivity index (χ4n) is 3.19. The van der Waals surface area contributed by atoms with Crippen molar-refractivity contribution in [2.45, 2.75) is 31.0 Å². The smallest absolute Gasteiger partial charge is 0.255 e. The molecule has 0 bridgehead atoms. The minimum atomic E-state index is -3.61. The molecule has 1 aromatic heterocycles. The Kier molecular flexibility index (Phi) is 6.21. The quantitative estimate of drug-likeness (QED) is 0.800. The number of morpholine rings is 1. The number of anilines is 2. The largest absolute Gasteiger partial charge is 0.373 e. The molecule has 8 nitrogen and oxygen atoms in total. The van der Waals surface area contributed by atoms with Crippen molar-refractivity contribution in [3.05, 3.63) is 48.2 Å². The Morgan fingerprint density at radius 3 is 2.34 bits per heavy atom. The van der Waals surface area contributed by atoms with Crippen molar-refractivity contribution in [3.63, 3.8) is 0 Å². The molecule has 0 radical (unpaired) electrons. The van der Waals surface area contributed by atoms with E-state index in [-0.39, 0.29) is 23.0 Å². The van der Waals surface area contributed by atoms with Crippen LogP contribution in [0.15, 0.2) is 47.5 Å². The van der Waals surface area contributed by atoms with E-state index in [0.29, 0.717) is 30.2 Å². The van der Waals surface area contributed by atoms with Gasteiger partial charge in [0.1, 0.15) is 5.82 Å². The molecule has 1 aromatic carbocycles. The summed E-state index contributed by atoms with van der Waals surface area (Å²) in [5.74, 6) is 0.384. The zero-order valence-corrected chi connectivity index (χ0v) is 17.8. The maximum absolute atomic E-state index is 12.9. The number of carbonyl (C=O) groups excluding carboxylic acids is 1. The Bertz CT molecular complexity index is 966. The van der Waals surface area contributed by atoms with E-state index in [4.69, 9.17) is 4.74 Å².